The summed E-state index contributed by atoms with van der Waals surface area (Å²) >= 11 is 0. The van der Waals surface area contributed by atoms with E-state index in [0.29, 0.717) is 23.9 Å². The number of rotatable bonds is 5. The Kier molecular flexibility index (Phi) is 7.56. The molecule has 2 saturated heterocycles. The third-order valence-corrected chi connectivity index (χ3v) is 8.78. The summed E-state index contributed by atoms with van der Waals surface area (Å²) in [7, 11) is 0. The summed E-state index contributed by atoms with van der Waals surface area (Å²) in [6.45, 7) is 0.731. The van der Waals surface area contributed by atoms with Crippen molar-refractivity contribution in [3.63, 3.8) is 0 Å². The number of piperidine rings is 2. The van der Waals surface area contributed by atoms with Crippen molar-refractivity contribution in [2.24, 2.45) is 11.8 Å². The maximum atomic E-state index is 14.3. The van der Waals surface area contributed by atoms with E-state index < -0.39 is 29.9 Å². The average molecular weight is 539 g/mol. The first-order valence-electron chi connectivity index (χ1n) is 13.5. The van der Waals surface area contributed by atoms with E-state index in [0.717, 1.165) is 44.2 Å². The number of hydrogen-bond donors (Lipinski definition) is 0. The predicted octanol–water partition coefficient (Wildman–Crippen LogP) is 8.06. The van der Waals surface area contributed by atoms with Crippen molar-refractivity contribution in [3.8, 4) is 11.8 Å². The van der Waals surface area contributed by atoms with Gasteiger partial charge < -0.3 is 4.74 Å². The van der Waals surface area contributed by atoms with Gasteiger partial charge in [0, 0.05) is 24.5 Å². The normalized spacial score (nSPS) is 28.7. The molecule has 0 spiro atoms. The molecule has 3 fully saturated rings. The van der Waals surface area contributed by atoms with Crippen molar-refractivity contribution < 1.29 is 31.1 Å². The molecule has 2 heterocycles. The van der Waals surface area contributed by atoms with Crippen LogP contribution in [0.2, 0.25) is 0 Å². The lowest BCUT2D eigenvalue weighted by Crippen LogP contribution is -2.52. The van der Waals surface area contributed by atoms with Crippen LogP contribution < -0.4 is 4.74 Å². The van der Waals surface area contributed by atoms with Gasteiger partial charge in [0.2, 0.25) is 0 Å². The summed E-state index contributed by atoms with van der Waals surface area (Å²) in [5, 5.41) is 9.98. The van der Waals surface area contributed by atoms with Crippen molar-refractivity contribution in [3.05, 3.63) is 41.5 Å². The molecule has 1 saturated carbocycles. The molecule has 9 heteroatoms. The van der Waals surface area contributed by atoms with Crippen LogP contribution in [0.5, 0.6) is 5.75 Å². The third-order valence-electron chi connectivity index (χ3n) is 8.78. The molecule has 3 aliphatic rings. The Hall–Kier alpha value is -2.47. The topological polar surface area (TPSA) is 36.3 Å². The van der Waals surface area contributed by atoms with Crippen LogP contribution in [-0.4, -0.2) is 35.8 Å². The molecule has 2 unspecified atom stereocenters. The van der Waals surface area contributed by atoms with E-state index in [4.69, 9.17) is 4.74 Å². The molecule has 0 N–H and O–H groups in total. The van der Waals surface area contributed by atoms with Gasteiger partial charge in [-0.05, 0) is 80.2 Å². The highest BCUT2D eigenvalue weighted by atomic mass is 19.4. The first kappa shape index (κ1) is 27.1. The van der Waals surface area contributed by atoms with Gasteiger partial charge in [-0.2, -0.15) is 31.6 Å². The molecular formula is C29H32F6N2O. The molecule has 2 bridgehead atoms. The molecule has 2 aromatic rings. The lowest BCUT2D eigenvalue weighted by atomic mass is 9.79. The second-order valence-corrected chi connectivity index (χ2v) is 11.1. The molecule has 5 rings (SSSR count). The molecule has 206 valence electrons. The van der Waals surface area contributed by atoms with Crippen LogP contribution in [0.3, 0.4) is 0 Å². The number of benzene rings is 2. The summed E-state index contributed by atoms with van der Waals surface area (Å²) in [5.41, 5.74) is -0.0350. The maximum absolute atomic E-state index is 14.3. The smallest absolute Gasteiger partial charge is 0.420 e. The van der Waals surface area contributed by atoms with E-state index in [1.807, 2.05) is 6.07 Å². The Morgan fingerprint density at radius 2 is 1.55 bits per heavy atom. The summed E-state index contributed by atoms with van der Waals surface area (Å²) in [4.78, 5) is 2.45. The maximum Gasteiger partial charge on any atom is 0.420 e. The molecule has 1 aliphatic carbocycles. The van der Waals surface area contributed by atoms with Crippen molar-refractivity contribution in [2.45, 2.75) is 94.7 Å². The minimum absolute atomic E-state index is 0.0554. The van der Waals surface area contributed by atoms with Crippen LogP contribution in [0.25, 0.3) is 10.8 Å². The molecule has 2 aromatic carbocycles. The van der Waals surface area contributed by atoms with Gasteiger partial charge in [-0.3, -0.25) is 4.90 Å². The highest BCUT2D eigenvalue weighted by molar-refractivity contribution is 5.91. The predicted molar refractivity (Wildman–Crippen MR) is 132 cm³/mol. The molecule has 2 aliphatic heterocycles. The molecule has 0 amide bonds. The van der Waals surface area contributed by atoms with Crippen LogP contribution in [0, 0.1) is 23.2 Å². The summed E-state index contributed by atoms with van der Waals surface area (Å²) in [6.07, 6.45) is -4.21. The van der Waals surface area contributed by atoms with Crippen molar-refractivity contribution >= 4 is 10.8 Å². The fourth-order valence-corrected chi connectivity index (χ4v) is 6.90. The van der Waals surface area contributed by atoms with Gasteiger partial charge in [-0.25, -0.2) is 0 Å². The zero-order valence-electron chi connectivity index (χ0n) is 21.1. The number of hydrogen-bond acceptors (Lipinski definition) is 3. The Balaban J connectivity index is 1.36. The number of ether oxygens (including phenoxy) is 1. The Bertz CT molecular complexity index is 1160. The molecule has 3 nitrogen and oxygen atoms in total. The summed E-state index contributed by atoms with van der Waals surface area (Å²) in [6, 6.07) is 11.0. The van der Waals surface area contributed by atoms with Crippen LogP contribution >= 0.6 is 0 Å². The fraction of sp³-hybridized carbons (Fsp3) is 0.621. The Labute approximate surface area is 218 Å². The van der Waals surface area contributed by atoms with Crippen molar-refractivity contribution in [1.82, 2.24) is 4.90 Å². The lowest BCUT2D eigenvalue weighted by Gasteiger charge is -2.47. The monoisotopic (exact) mass is 538 g/mol. The minimum Gasteiger partial charge on any atom is -0.490 e. The fourth-order valence-electron chi connectivity index (χ4n) is 6.90. The summed E-state index contributed by atoms with van der Waals surface area (Å²) < 4.78 is 87.7. The molecular weight excluding hydrogens is 506 g/mol. The zero-order valence-corrected chi connectivity index (χ0v) is 21.1. The van der Waals surface area contributed by atoms with Gasteiger partial charge in [-0.1, -0.05) is 30.7 Å². The Morgan fingerprint density at radius 1 is 0.868 bits per heavy atom. The lowest BCUT2D eigenvalue weighted by molar-refractivity contribution is -0.185. The second-order valence-electron chi connectivity index (χ2n) is 11.1. The zero-order chi connectivity index (χ0) is 27.1. The highest BCUT2D eigenvalue weighted by Crippen LogP contribution is 2.45. The van der Waals surface area contributed by atoms with E-state index >= 15 is 0 Å². The minimum atomic E-state index is -4.67. The van der Waals surface area contributed by atoms with Crippen LogP contribution in [0.1, 0.15) is 68.9 Å². The highest BCUT2D eigenvalue weighted by Gasteiger charge is 2.43. The van der Waals surface area contributed by atoms with Crippen LogP contribution in [0.4, 0.5) is 26.3 Å². The first-order chi connectivity index (χ1) is 18.0. The van der Waals surface area contributed by atoms with Crippen LogP contribution in [0.15, 0.2) is 30.3 Å². The van der Waals surface area contributed by atoms with E-state index in [1.54, 1.807) is 12.1 Å². The number of nitriles is 1. The molecule has 2 atom stereocenters. The van der Waals surface area contributed by atoms with E-state index in [2.05, 4.69) is 11.0 Å². The van der Waals surface area contributed by atoms with Gasteiger partial charge >= 0.3 is 12.4 Å². The molecule has 0 radical (unpaired) electrons. The molecule has 0 aromatic heterocycles. The standard InChI is InChI=1S/C29H32F6N2O/c30-28(31,32)20-7-9-23(10-8-20)38-26-12-11-24-19(3-1-6-25(24)27(26)29(33,34)35)13-14-37-21-4-2-5-22(37)16-18(15-21)17-36/h1,3,6,11-12,18,20-23H,2,4-5,7-10,13-16H2. The van der Waals surface area contributed by atoms with E-state index in [1.165, 1.54) is 12.1 Å². The molecule has 38 heavy (non-hydrogen) atoms. The van der Waals surface area contributed by atoms with E-state index in [9.17, 15) is 31.6 Å². The van der Waals surface area contributed by atoms with Gasteiger partial charge in [0.05, 0.1) is 18.1 Å². The van der Waals surface area contributed by atoms with Gasteiger partial charge in [-0.15, -0.1) is 0 Å². The average Bonchev–Trinajstić information content (AvgIpc) is 2.85. The Morgan fingerprint density at radius 3 is 2.16 bits per heavy atom. The van der Waals surface area contributed by atoms with Gasteiger partial charge in [0.25, 0.3) is 0 Å². The van der Waals surface area contributed by atoms with Gasteiger partial charge in [0.15, 0.2) is 0 Å². The van der Waals surface area contributed by atoms with E-state index in [-0.39, 0.29) is 42.7 Å². The largest absolute Gasteiger partial charge is 0.490 e. The number of nitrogens with zero attached hydrogens (tertiary/aromatic N) is 2. The number of alkyl halides is 6. The first-order valence-corrected chi connectivity index (χ1v) is 13.5. The van der Waals surface area contributed by atoms with Crippen molar-refractivity contribution in [1.29, 1.82) is 5.26 Å². The third kappa shape index (κ3) is 5.61. The SMILES string of the molecule is N#CC1CC2CCCC(C1)N2CCc1cccc2c(C(F)(F)F)c(OC3CCC(C(F)(F)F)CC3)ccc12. The quantitative estimate of drug-likeness (QED) is 0.361. The number of halogens is 6. The van der Waals surface area contributed by atoms with Gasteiger partial charge in [0.1, 0.15) is 11.3 Å². The van der Waals surface area contributed by atoms with Crippen LogP contribution in [-0.2, 0) is 12.6 Å². The second kappa shape index (κ2) is 10.6. The number of fused-ring (bicyclic) bond motifs is 3. The van der Waals surface area contributed by atoms with Crippen molar-refractivity contribution in [2.75, 3.05) is 6.54 Å². The summed E-state index contributed by atoms with van der Waals surface area (Å²) in [5.74, 6) is -1.66.